The first-order chi connectivity index (χ1) is 13.1. The molecule has 3 aromatic rings. The minimum Gasteiger partial charge on any atom is -0.444 e. The van der Waals surface area contributed by atoms with Gasteiger partial charge >= 0.3 is 6.09 Å². The first kappa shape index (κ1) is 18.7. The first-order valence-corrected chi connectivity index (χ1v) is 8.81. The number of nitrogens with one attached hydrogen (secondary N) is 1. The number of carbonyl (C=O) groups is 1. The predicted molar refractivity (Wildman–Crippen MR) is 105 cm³/mol. The second kappa shape index (κ2) is 8.51. The Morgan fingerprint density at radius 1 is 1.11 bits per heavy atom. The number of nitrogens with zero attached hydrogens (tertiary/aromatic N) is 2. The molecule has 0 spiro atoms. The minimum atomic E-state index is -0.769. The Bertz CT molecular complexity index is 989. The summed E-state index contributed by atoms with van der Waals surface area (Å²) in [6, 6.07) is 18.5. The van der Waals surface area contributed by atoms with E-state index in [4.69, 9.17) is 16.3 Å². The van der Waals surface area contributed by atoms with Crippen molar-refractivity contribution in [1.29, 1.82) is 0 Å². The summed E-state index contributed by atoms with van der Waals surface area (Å²) in [6.07, 6.45) is -0.769. The molecule has 1 N–H and O–H groups in total. The first-order valence-electron chi connectivity index (χ1n) is 8.43. The van der Waals surface area contributed by atoms with Crippen molar-refractivity contribution in [2.45, 2.75) is 20.1 Å². The highest BCUT2D eigenvalue weighted by Crippen LogP contribution is 2.22. The van der Waals surface area contributed by atoms with Crippen molar-refractivity contribution in [2.24, 2.45) is 0 Å². The Labute approximate surface area is 161 Å². The van der Waals surface area contributed by atoms with E-state index in [0.717, 1.165) is 11.1 Å². The fourth-order valence-electron chi connectivity index (χ4n) is 2.60. The Hall–Kier alpha value is -3.12. The van der Waals surface area contributed by atoms with Crippen LogP contribution in [-0.2, 0) is 17.9 Å². The Kier molecular flexibility index (Phi) is 5.88. The summed E-state index contributed by atoms with van der Waals surface area (Å²) in [5.41, 5.74) is 1.06. The van der Waals surface area contributed by atoms with Gasteiger partial charge in [0.1, 0.15) is 18.1 Å². The number of aromatic nitrogens is 2. The number of hydrogen-bond donors (Lipinski definition) is 1. The lowest BCUT2D eigenvalue weighted by Crippen LogP contribution is -2.28. The highest BCUT2D eigenvalue weighted by atomic mass is 35.5. The summed E-state index contributed by atoms with van der Waals surface area (Å²) in [6.45, 7) is 2.28. The lowest BCUT2D eigenvalue weighted by Gasteiger charge is -2.14. The molecule has 27 heavy (non-hydrogen) atoms. The maximum Gasteiger partial charge on any atom is 0.412 e. The average Bonchev–Trinajstić information content (AvgIpc) is 2.70. The molecule has 0 fully saturated rings. The molecule has 0 aliphatic rings. The van der Waals surface area contributed by atoms with Crippen molar-refractivity contribution >= 4 is 23.4 Å². The molecule has 0 saturated carbocycles. The van der Waals surface area contributed by atoms with Crippen molar-refractivity contribution in [3.05, 3.63) is 81.7 Å². The van der Waals surface area contributed by atoms with Crippen molar-refractivity contribution in [3.63, 3.8) is 0 Å². The Morgan fingerprint density at radius 2 is 1.74 bits per heavy atom. The molecule has 1 aromatic heterocycles. The maximum atomic E-state index is 12.8. The third-order valence-corrected chi connectivity index (χ3v) is 4.19. The molecular weight excluding hydrogens is 366 g/mol. The molecule has 0 aliphatic carbocycles. The molecule has 7 heteroatoms. The van der Waals surface area contributed by atoms with Gasteiger partial charge in [-0.1, -0.05) is 72.3 Å². The van der Waals surface area contributed by atoms with Gasteiger partial charge in [0.15, 0.2) is 5.15 Å². The molecule has 6 nitrogen and oxygen atoms in total. The van der Waals surface area contributed by atoms with E-state index < -0.39 is 11.7 Å². The number of ether oxygens (including phenoxy) is 1. The highest BCUT2D eigenvalue weighted by molar-refractivity contribution is 6.32. The van der Waals surface area contributed by atoms with Crippen LogP contribution in [0.4, 0.5) is 10.5 Å². The third kappa shape index (κ3) is 4.35. The van der Waals surface area contributed by atoms with E-state index >= 15 is 0 Å². The standard InChI is InChI=1S/C20H18ClN3O3/c1-2-24-18(15-11-7-4-8-12-15)23-17(21)16(19(24)25)22-20(26)27-13-14-9-5-3-6-10-14/h3-12H,2,13H2,1H3,(H,22,26). The number of rotatable bonds is 5. The SMILES string of the molecule is CCn1c(-c2ccccc2)nc(Cl)c(NC(=O)OCc2ccccc2)c1=O. The molecule has 0 atom stereocenters. The Balaban J connectivity index is 1.84. The van der Waals surface area contributed by atoms with Crippen LogP contribution < -0.4 is 10.9 Å². The van der Waals surface area contributed by atoms with Gasteiger partial charge in [-0.15, -0.1) is 0 Å². The van der Waals surface area contributed by atoms with Crippen LogP contribution in [0.5, 0.6) is 0 Å². The van der Waals surface area contributed by atoms with Gasteiger partial charge in [0, 0.05) is 12.1 Å². The predicted octanol–water partition coefficient (Wildman–Crippen LogP) is 4.33. The lowest BCUT2D eigenvalue weighted by molar-refractivity contribution is 0.155. The van der Waals surface area contributed by atoms with Crippen LogP contribution in [0, 0.1) is 0 Å². The summed E-state index contributed by atoms with van der Waals surface area (Å²) in [4.78, 5) is 29.2. The fourth-order valence-corrected chi connectivity index (χ4v) is 2.80. The van der Waals surface area contributed by atoms with E-state index in [0.29, 0.717) is 12.4 Å². The molecule has 3 rings (SSSR count). The highest BCUT2D eigenvalue weighted by Gasteiger charge is 2.18. The van der Waals surface area contributed by atoms with Gasteiger partial charge in [-0.2, -0.15) is 0 Å². The summed E-state index contributed by atoms with van der Waals surface area (Å²) in [5.74, 6) is 0.441. The smallest absolute Gasteiger partial charge is 0.412 e. The second-order valence-electron chi connectivity index (χ2n) is 5.70. The van der Waals surface area contributed by atoms with Gasteiger partial charge in [0.05, 0.1) is 0 Å². The van der Waals surface area contributed by atoms with Crippen LogP contribution in [0.25, 0.3) is 11.4 Å². The van der Waals surface area contributed by atoms with Gasteiger partial charge in [-0.25, -0.2) is 9.78 Å². The van der Waals surface area contributed by atoms with E-state index in [1.165, 1.54) is 4.57 Å². The van der Waals surface area contributed by atoms with Crippen molar-refractivity contribution in [1.82, 2.24) is 9.55 Å². The molecule has 0 radical (unpaired) electrons. The zero-order valence-electron chi connectivity index (χ0n) is 14.7. The average molecular weight is 384 g/mol. The maximum absolute atomic E-state index is 12.8. The van der Waals surface area contributed by atoms with Gasteiger partial charge in [-0.3, -0.25) is 14.7 Å². The Morgan fingerprint density at radius 3 is 2.37 bits per heavy atom. The van der Waals surface area contributed by atoms with Gasteiger partial charge in [0.2, 0.25) is 0 Å². The van der Waals surface area contributed by atoms with Crippen LogP contribution in [0.15, 0.2) is 65.5 Å². The van der Waals surface area contributed by atoms with E-state index in [9.17, 15) is 9.59 Å². The van der Waals surface area contributed by atoms with Crippen LogP contribution in [-0.4, -0.2) is 15.6 Å². The van der Waals surface area contributed by atoms with Crippen LogP contribution in [0.2, 0.25) is 5.15 Å². The quantitative estimate of drug-likeness (QED) is 0.665. The van der Waals surface area contributed by atoms with Crippen molar-refractivity contribution in [3.8, 4) is 11.4 Å². The van der Waals surface area contributed by atoms with E-state index in [1.807, 2.05) is 67.6 Å². The molecule has 138 valence electrons. The minimum absolute atomic E-state index is 0.0831. The molecule has 1 amide bonds. The van der Waals surface area contributed by atoms with Crippen molar-refractivity contribution < 1.29 is 9.53 Å². The molecule has 0 aliphatic heterocycles. The van der Waals surface area contributed by atoms with Crippen LogP contribution in [0.3, 0.4) is 0 Å². The number of halogens is 1. The number of carbonyl (C=O) groups excluding carboxylic acids is 1. The van der Waals surface area contributed by atoms with E-state index in [2.05, 4.69) is 10.3 Å². The molecule has 2 aromatic carbocycles. The number of anilines is 1. The number of amides is 1. The molecule has 0 saturated heterocycles. The summed E-state index contributed by atoms with van der Waals surface area (Å²) >= 11 is 6.18. The molecule has 1 heterocycles. The zero-order chi connectivity index (χ0) is 19.2. The van der Waals surface area contributed by atoms with Gasteiger partial charge in [0.25, 0.3) is 5.56 Å². The largest absolute Gasteiger partial charge is 0.444 e. The summed E-state index contributed by atoms with van der Waals surface area (Å²) in [5, 5.41) is 2.33. The molecular formula is C20H18ClN3O3. The van der Waals surface area contributed by atoms with Gasteiger partial charge < -0.3 is 4.74 Å². The van der Waals surface area contributed by atoms with E-state index in [1.54, 1.807) is 0 Å². The number of benzene rings is 2. The van der Waals surface area contributed by atoms with Crippen molar-refractivity contribution in [2.75, 3.05) is 5.32 Å². The normalized spacial score (nSPS) is 10.4. The second-order valence-corrected chi connectivity index (χ2v) is 6.06. The third-order valence-electron chi connectivity index (χ3n) is 3.91. The van der Waals surface area contributed by atoms with E-state index in [-0.39, 0.29) is 17.4 Å². The zero-order valence-corrected chi connectivity index (χ0v) is 15.4. The number of hydrogen-bond acceptors (Lipinski definition) is 4. The van der Waals surface area contributed by atoms with Crippen LogP contribution >= 0.6 is 11.6 Å². The topological polar surface area (TPSA) is 73.2 Å². The fraction of sp³-hybridized carbons (Fsp3) is 0.150. The molecule has 0 bridgehead atoms. The monoisotopic (exact) mass is 383 g/mol. The molecule has 0 unspecified atom stereocenters. The summed E-state index contributed by atoms with van der Waals surface area (Å²) in [7, 11) is 0. The van der Waals surface area contributed by atoms with Crippen LogP contribution in [0.1, 0.15) is 12.5 Å². The lowest BCUT2D eigenvalue weighted by atomic mass is 10.2. The van der Waals surface area contributed by atoms with Gasteiger partial charge in [-0.05, 0) is 12.5 Å². The summed E-state index contributed by atoms with van der Waals surface area (Å²) < 4.78 is 6.60.